The smallest absolute Gasteiger partial charge is 0.237 e. The van der Waals surface area contributed by atoms with Gasteiger partial charge in [0.1, 0.15) is 0 Å². The lowest BCUT2D eigenvalue weighted by Gasteiger charge is -2.13. The number of amides is 1. The van der Waals surface area contributed by atoms with E-state index in [1.807, 2.05) is 13.8 Å². The van der Waals surface area contributed by atoms with Crippen LogP contribution in [0, 0.1) is 5.92 Å². The van der Waals surface area contributed by atoms with Crippen molar-refractivity contribution in [2.45, 2.75) is 26.3 Å². The third-order valence-corrected chi connectivity index (χ3v) is 1.84. The quantitative estimate of drug-likeness (QED) is 0.479. The van der Waals surface area contributed by atoms with Gasteiger partial charge in [0.05, 0.1) is 25.9 Å². The highest BCUT2D eigenvalue weighted by Gasteiger charge is 2.13. The monoisotopic (exact) mass is 218 g/mol. The lowest BCUT2D eigenvalue weighted by atomic mass is 10.0. The molecule has 0 fully saturated rings. The first-order valence-electron chi connectivity index (χ1n) is 5.29. The number of carbonyl (C=O) groups is 1. The van der Waals surface area contributed by atoms with Gasteiger partial charge in [-0.25, -0.2) is 0 Å². The largest absolute Gasteiger partial charge is 0.394 e. The molecule has 1 atom stereocenters. The summed E-state index contributed by atoms with van der Waals surface area (Å²) in [5.41, 5.74) is 5.67. The summed E-state index contributed by atoms with van der Waals surface area (Å²) in [7, 11) is 0. The summed E-state index contributed by atoms with van der Waals surface area (Å²) in [6.45, 7) is 5.19. The lowest BCUT2D eigenvalue weighted by Crippen LogP contribution is -2.42. The zero-order chi connectivity index (χ0) is 11.7. The Balaban J connectivity index is 3.47. The third kappa shape index (κ3) is 8.35. The Hall–Kier alpha value is -0.650. The minimum absolute atomic E-state index is 0.000803. The molecule has 90 valence electrons. The van der Waals surface area contributed by atoms with E-state index in [4.69, 9.17) is 15.6 Å². The maximum atomic E-state index is 11.4. The fourth-order valence-corrected chi connectivity index (χ4v) is 1.16. The second-order valence-corrected chi connectivity index (χ2v) is 3.86. The second-order valence-electron chi connectivity index (χ2n) is 3.86. The van der Waals surface area contributed by atoms with Crippen LogP contribution >= 0.6 is 0 Å². The highest BCUT2D eigenvalue weighted by Crippen LogP contribution is 2.02. The molecule has 0 aromatic rings. The van der Waals surface area contributed by atoms with Gasteiger partial charge in [0.15, 0.2) is 0 Å². The fraction of sp³-hybridized carbons (Fsp3) is 0.900. The molecule has 0 heterocycles. The van der Waals surface area contributed by atoms with Gasteiger partial charge in [-0.1, -0.05) is 13.8 Å². The van der Waals surface area contributed by atoms with Crippen molar-refractivity contribution in [1.29, 1.82) is 0 Å². The van der Waals surface area contributed by atoms with E-state index < -0.39 is 6.04 Å². The minimum atomic E-state index is -0.442. The van der Waals surface area contributed by atoms with Crippen molar-refractivity contribution in [3.8, 4) is 0 Å². The van der Waals surface area contributed by atoms with Gasteiger partial charge in [-0.15, -0.1) is 0 Å². The highest BCUT2D eigenvalue weighted by atomic mass is 16.5. The first-order valence-corrected chi connectivity index (χ1v) is 5.29. The summed E-state index contributed by atoms with van der Waals surface area (Å²) < 4.78 is 4.99. The average Bonchev–Trinajstić information content (AvgIpc) is 2.16. The van der Waals surface area contributed by atoms with Crippen molar-refractivity contribution >= 4 is 5.91 Å². The summed E-state index contributed by atoms with van der Waals surface area (Å²) in [6, 6.07) is -0.442. The molecule has 15 heavy (non-hydrogen) atoms. The van der Waals surface area contributed by atoms with Gasteiger partial charge < -0.3 is 20.9 Å². The van der Waals surface area contributed by atoms with Crippen LogP contribution in [0.1, 0.15) is 20.3 Å². The number of carbonyl (C=O) groups excluding carboxylic acids is 1. The van der Waals surface area contributed by atoms with Crippen LogP contribution in [-0.2, 0) is 9.53 Å². The van der Waals surface area contributed by atoms with Gasteiger partial charge in [-0.05, 0) is 12.3 Å². The molecule has 0 aromatic carbocycles. The van der Waals surface area contributed by atoms with Crippen LogP contribution in [0.3, 0.4) is 0 Å². The van der Waals surface area contributed by atoms with Crippen molar-refractivity contribution in [3.63, 3.8) is 0 Å². The van der Waals surface area contributed by atoms with Gasteiger partial charge in [0.25, 0.3) is 0 Å². The fourth-order valence-electron chi connectivity index (χ4n) is 1.16. The Morgan fingerprint density at radius 3 is 2.67 bits per heavy atom. The van der Waals surface area contributed by atoms with E-state index in [1.54, 1.807) is 0 Å². The molecule has 0 aliphatic rings. The highest BCUT2D eigenvalue weighted by molar-refractivity contribution is 5.81. The number of hydrogen-bond acceptors (Lipinski definition) is 4. The molecule has 0 unspecified atom stereocenters. The van der Waals surface area contributed by atoms with E-state index in [1.165, 1.54) is 0 Å². The SMILES string of the molecule is CC(C)C[C@@H](N)C(=O)NCCOCCO. The Bertz CT molecular complexity index is 174. The summed E-state index contributed by atoms with van der Waals surface area (Å²) >= 11 is 0. The zero-order valence-electron chi connectivity index (χ0n) is 9.53. The van der Waals surface area contributed by atoms with Crippen molar-refractivity contribution in [1.82, 2.24) is 5.32 Å². The maximum absolute atomic E-state index is 11.4. The third-order valence-electron chi connectivity index (χ3n) is 1.84. The summed E-state index contributed by atoms with van der Waals surface area (Å²) in [4.78, 5) is 11.4. The number of nitrogens with one attached hydrogen (secondary N) is 1. The van der Waals surface area contributed by atoms with E-state index in [2.05, 4.69) is 5.32 Å². The van der Waals surface area contributed by atoms with Crippen LogP contribution in [0.5, 0.6) is 0 Å². The molecule has 0 bridgehead atoms. The molecule has 5 heteroatoms. The molecule has 4 N–H and O–H groups in total. The molecule has 1 amide bonds. The van der Waals surface area contributed by atoms with Gasteiger partial charge >= 0.3 is 0 Å². The Morgan fingerprint density at radius 1 is 1.47 bits per heavy atom. The van der Waals surface area contributed by atoms with E-state index in [0.717, 1.165) is 0 Å². The van der Waals surface area contributed by atoms with E-state index in [0.29, 0.717) is 32.1 Å². The zero-order valence-corrected chi connectivity index (χ0v) is 9.53. The summed E-state index contributed by atoms with van der Waals surface area (Å²) in [6.07, 6.45) is 0.684. The van der Waals surface area contributed by atoms with Crippen molar-refractivity contribution in [2.24, 2.45) is 11.7 Å². The van der Waals surface area contributed by atoms with Gasteiger partial charge in [-0.3, -0.25) is 4.79 Å². The second kappa shape index (κ2) is 8.64. The summed E-state index contributed by atoms with van der Waals surface area (Å²) in [5, 5.41) is 11.1. The van der Waals surface area contributed by atoms with Crippen molar-refractivity contribution in [3.05, 3.63) is 0 Å². The summed E-state index contributed by atoms with van der Waals surface area (Å²) in [5.74, 6) is 0.271. The molecule has 0 radical (unpaired) electrons. The van der Waals surface area contributed by atoms with Gasteiger partial charge in [-0.2, -0.15) is 0 Å². The number of rotatable bonds is 8. The minimum Gasteiger partial charge on any atom is -0.394 e. The van der Waals surface area contributed by atoms with Crippen LogP contribution in [0.2, 0.25) is 0 Å². The van der Waals surface area contributed by atoms with E-state index in [9.17, 15) is 4.79 Å². The number of aliphatic hydroxyl groups excluding tert-OH is 1. The molecule has 0 aliphatic carbocycles. The van der Waals surface area contributed by atoms with Crippen LogP contribution in [0.15, 0.2) is 0 Å². The normalized spacial score (nSPS) is 12.9. The van der Waals surface area contributed by atoms with Crippen molar-refractivity contribution < 1.29 is 14.6 Å². The predicted molar refractivity (Wildman–Crippen MR) is 58.3 cm³/mol. The molecule has 0 aromatic heterocycles. The Morgan fingerprint density at radius 2 is 2.13 bits per heavy atom. The van der Waals surface area contributed by atoms with Crippen LogP contribution in [-0.4, -0.2) is 43.4 Å². The molecular formula is C10H22N2O3. The van der Waals surface area contributed by atoms with Gasteiger partial charge in [0.2, 0.25) is 5.91 Å². The lowest BCUT2D eigenvalue weighted by molar-refractivity contribution is -0.122. The molecule has 0 aliphatic heterocycles. The van der Waals surface area contributed by atoms with E-state index >= 15 is 0 Å². The average molecular weight is 218 g/mol. The van der Waals surface area contributed by atoms with Gasteiger partial charge in [0, 0.05) is 6.54 Å². The molecule has 5 nitrogen and oxygen atoms in total. The van der Waals surface area contributed by atoms with Crippen molar-refractivity contribution in [2.75, 3.05) is 26.4 Å². The molecule has 0 rings (SSSR count). The molecule has 0 saturated heterocycles. The topological polar surface area (TPSA) is 84.6 Å². The number of aliphatic hydroxyl groups is 1. The standard InChI is InChI=1S/C10H22N2O3/c1-8(2)7-9(11)10(14)12-3-5-15-6-4-13/h8-9,13H,3-7,11H2,1-2H3,(H,12,14)/t9-/m1/s1. The number of nitrogens with two attached hydrogens (primary N) is 1. The maximum Gasteiger partial charge on any atom is 0.237 e. The van der Waals surface area contributed by atoms with E-state index in [-0.39, 0.29) is 12.5 Å². The number of ether oxygens (including phenoxy) is 1. The molecule has 0 spiro atoms. The molecule has 0 saturated carbocycles. The molecular weight excluding hydrogens is 196 g/mol. The Labute approximate surface area is 91.0 Å². The van der Waals surface area contributed by atoms with Crippen LogP contribution in [0.25, 0.3) is 0 Å². The Kier molecular flexibility index (Phi) is 8.27. The van der Waals surface area contributed by atoms with Crippen LogP contribution < -0.4 is 11.1 Å². The van der Waals surface area contributed by atoms with Crippen LogP contribution in [0.4, 0.5) is 0 Å². The first-order chi connectivity index (χ1) is 7.07. The predicted octanol–water partition coefficient (Wildman–Crippen LogP) is -0.515. The number of hydrogen-bond donors (Lipinski definition) is 3. The first kappa shape index (κ1) is 14.3.